The van der Waals surface area contributed by atoms with Crippen LogP contribution in [0.2, 0.25) is 0 Å². The van der Waals surface area contributed by atoms with Gasteiger partial charge in [0.25, 0.3) is 11.6 Å². The lowest BCUT2D eigenvalue weighted by molar-refractivity contribution is 0.0629. The van der Waals surface area contributed by atoms with Crippen LogP contribution in [0.25, 0.3) is 22.4 Å². The number of hydrogen-bond acceptors (Lipinski definition) is 7. The quantitative estimate of drug-likeness (QED) is 0.466. The van der Waals surface area contributed by atoms with Crippen molar-refractivity contribution in [2.45, 2.75) is 13.5 Å². The van der Waals surface area contributed by atoms with Crippen molar-refractivity contribution in [1.29, 1.82) is 0 Å². The van der Waals surface area contributed by atoms with Gasteiger partial charge in [0.05, 0.1) is 35.1 Å². The maximum absolute atomic E-state index is 13.6. The van der Waals surface area contributed by atoms with Crippen LogP contribution in [-0.4, -0.2) is 64.1 Å². The average Bonchev–Trinajstić information content (AvgIpc) is 3.25. The molecule has 1 amide bonds. The summed E-state index contributed by atoms with van der Waals surface area (Å²) >= 11 is 0. The van der Waals surface area contributed by atoms with Gasteiger partial charge in [-0.3, -0.25) is 14.7 Å². The zero-order valence-corrected chi connectivity index (χ0v) is 18.7. The molecule has 0 radical (unpaired) electrons. The molecule has 1 saturated heterocycles. The highest BCUT2D eigenvalue weighted by Gasteiger charge is 2.26. The summed E-state index contributed by atoms with van der Waals surface area (Å²) in [6.07, 6.45) is 1.81. The summed E-state index contributed by atoms with van der Waals surface area (Å²) in [6.45, 7) is 5.52. The van der Waals surface area contributed by atoms with E-state index in [1.807, 2.05) is 66.6 Å². The monoisotopic (exact) mass is 443 g/mol. The van der Waals surface area contributed by atoms with E-state index in [0.29, 0.717) is 41.1 Å². The summed E-state index contributed by atoms with van der Waals surface area (Å²) in [5.74, 6) is 0.733. The molecule has 1 aromatic carbocycles. The van der Waals surface area contributed by atoms with Crippen LogP contribution in [0.1, 0.15) is 21.7 Å². The fourth-order valence-electron chi connectivity index (χ4n) is 4.17. The predicted molar refractivity (Wildman–Crippen MR) is 124 cm³/mol. The molecular weight excluding hydrogens is 418 g/mol. The first-order valence-electron chi connectivity index (χ1n) is 11.0. The van der Waals surface area contributed by atoms with Crippen molar-refractivity contribution in [3.8, 4) is 17.0 Å². The Labute approximate surface area is 191 Å². The van der Waals surface area contributed by atoms with Crippen molar-refractivity contribution in [1.82, 2.24) is 24.9 Å². The van der Waals surface area contributed by atoms with Crippen LogP contribution in [0, 0.1) is 6.92 Å². The zero-order chi connectivity index (χ0) is 22.8. The van der Waals surface area contributed by atoms with E-state index in [4.69, 9.17) is 9.26 Å². The van der Waals surface area contributed by atoms with Crippen LogP contribution < -0.4 is 4.74 Å². The van der Waals surface area contributed by atoms with Gasteiger partial charge in [-0.05, 0) is 49.4 Å². The van der Waals surface area contributed by atoms with Gasteiger partial charge >= 0.3 is 0 Å². The Morgan fingerprint density at radius 3 is 2.58 bits per heavy atom. The largest absolute Gasteiger partial charge is 0.497 e. The molecule has 4 heterocycles. The first kappa shape index (κ1) is 21.1. The van der Waals surface area contributed by atoms with Crippen LogP contribution in [0.5, 0.6) is 5.75 Å². The summed E-state index contributed by atoms with van der Waals surface area (Å²) in [6, 6.07) is 15.4. The lowest BCUT2D eigenvalue weighted by Gasteiger charge is -2.34. The van der Waals surface area contributed by atoms with E-state index < -0.39 is 0 Å². The number of ether oxygens (including phenoxy) is 1. The highest BCUT2D eigenvalue weighted by atomic mass is 16.5. The average molecular weight is 444 g/mol. The van der Waals surface area contributed by atoms with E-state index in [2.05, 4.69) is 20.0 Å². The minimum Gasteiger partial charge on any atom is -0.497 e. The highest BCUT2D eigenvalue weighted by molar-refractivity contribution is 6.07. The van der Waals surface area contributed by atoms with Crippen LogP contribution in [0.15, 0.2) is 59.3 Å². The molecule has 0 spiro atoms. The summed E-state index contributed by atoms with van der Waals surface area (Å²) in [5.41, 5.74) is 4.19. The van der Waals surface area contributed by atoms with Gasteiger partial charge in [0.2, 0.25) is 0 Å². The molecule has 0 saturated carbocycles. The normalized spacial score (nSPS) is 14.5. The van der Waals surface area contributed by atoms with E-state index in [9.17, 15) is 4.79 Å². The second-order valence-corrected chi connectivity index (χ2v) is 8.12. The SMILES string of the molecule is COc1ccc(-c2cc(C(=O)N3CCN(Cc4ccccn4)CC3)c3c(C)noc3n2)cc1. The maximum atomic E-state index is 13.6. The van der Waals surface area contributed by atoms with E-state index in [0.717, 1.165) is 36.6 Å². The molecule has 0 aliphatic carbocycles. The van der Waals surface area contributed by atoms with Crippen molar-refractivity contribution in [2.75, 3.05) is 33.3 Å². The number of carbonyl (C=O) groups excluding carboxylic acids is 1. The summed E-state index contributed by atoms with van der Waals surface area (Å²) in [5, 5.41) is 4.74. The molecule has 0 N–H and O–H groups in total. The van der Waals surface area contributed by atoms with Crippen molar-refractivity contribution < 1.29 is 14.1 Å². The Kier molecular flexibility index (Phi) is 5.75. The third-order valence-electron chi connectivity index (χ3n) is 6.00. The molecule has 168 valence electrons. The van der Waals surface area contributed by atoms with Crippen LogP contribution >= 0.6 is 0 Å². The number of aryl methyl sites for hydroxylation is 1. The molecule has 33 heavy (non-hydrogen) atoms. The minimum absolute atomic E-state index is 0.0269. The lowest BCUT2D eigenvalue weighted by Crippen LogP contribution is -2.48. The number of methoxy groups -OCH3 is 1. The molecule has 5 rings (SSSR count). The summed E-state index contributed by atoms with van der Waals surface area (Å²) in [7, 11) is 1.63. The Morgan fingerprint density at radius 2 is 1.88 bits per heavy atom. The second-order valence-electron chi connectivity index (χ2n) is 8.12. The Hall–Kier alpha value is -3.78. The molecule has 1 fully saturated rings. The molecule has 4 aromatic rings. The van der Waals surface area contributed by atoms with Crippen LogP contribution in [0.3, 0.4) is 0 Å². The number of piperazine rings is 1. The number of benzene rings is 1. The zero-order valence-electron chi connectivity index (χ0n) is 18.7. The maximum Gasteiger partial charge on any atom is 0.259 e. The van der Waals surface area contributed by atoms with E-state index in [-0.39, 0.29) is 5.91 Å². The number of nitrogens with zero attached hydrogens (tertiary/aromatic N) is 5. The van der Waals surface area contributed by atoms with Crippen molar-refractivity contribution in [2.24, 2.45) is 0 Å². The number of carbonyl (C=O) groups is 1. The number of hydrogen-bond donors (Lipinski definition) is 0. The van der Waals surface area contributed by atoms with Gasteiger partial charge in [-0.25, -0.2) is 4.98 Å². The minimum atomic E-state index is -0.0269. The Bertz CT molecular complexity index is 1260. The molecule has 3 aromatic heterocycles. The Balaban J connectivity index is 1.39. The third-order valence-corrected chi connectivity index (χ3v) is 6.00. The van der Waals surface area contributed by atoms with Gasteiger partial charge in [0.1, 0.15) is 5.75 Å². The van der Waals surface area contributed by atoms with Crippen molar-refractivity contribution in [3.05, 3.63) is 71.7 Å². The Morgan fingerprint density at radius 1 is 1.09 bits per heavy atom. The first-order chi connectivity index (χ1) is 16.1. The highest BCUT2D eigenvalue weighted by Crippen LogP contribution is 2.29. The molecular formula is C25H25N5O3. The first-order valence-corrected chi connectivity index (χ1v) is 11.0. The molecule has 0 bridgehead atoms. The molecule has 1 aliphatic rings. The number of pyridine rings is 2. The fraction of sp³-hybridized carbons (Fsp3) is 0.280. The second kappa shape index (κ2) is 8.99. The van der Waals surface area contributed by atoms with Gasteiger partial charge in [0.15, 0.2) is 0 Å². The van der Waals surface area contributed by atoms with Crippen LogP contribution in [-0.2, 0) is 6.54 Å². The van der Waals surface area contributed by atoms with Crippen molar-refractivity contribution >= 4 is 17.0 Å². The van der Waals surface area contributed by atoms with Gasteiger partial charge in [0, 0.05) is 44.5 Å². The number of amides is 1. The van der Waals surface area contributed by atoms with E-state index in [1.54, 1.807) is 7.11 Å². The summed E-state index contributed by atoms with van der Waals surface area (Å²) in [4.78, 5) is 26.8. The van der Waals surface area contributed by atoms with Gasteiger partial charge in [-0.15, -0.1) is 0 Å². The number of fused-ring (bicyclic) bond motifs is 1. The number of rotatable bonds is 5. The van der Waals surface area contributed by atoms with Crippen molar-refractivity contribution in [3.63, 3.8) is 0 Å². The predicted octanol–water partition coefficient (Wildman–Crippen LogP) is 3.56. The molecule has 8 heteroatoms. The molecule has 0 atom stereocenters. The molecule has 0 unspecified atom stereocenters. The lowest BCUT2D eigenvalue weighted by atomic mass is 10.0. The number of aromatic nitrogens is 3. The van der Waals surface area contributed by atoms with Gasteiger partial charge < -0.3 is 14.2 Å². The molecule has 8 nitrogen and oxygen atoms in total. The van der Waals surface area contributed by atoms with Gasteiger partial charge in [-0.2, -0.15) is 0 Å². The standard InChI is InChI=1S/C25H25N5O3/c1-17-23-21(15-22(27-24(23)33-28-17)18-6-8-20(32-2)9-7-18)25(31)30-13-11-29(12-14-30)16-19-5-3-4-10-26-19/h3-10,15H,11-14,16H2,1-2H3. The molecule has 1 aliphatic heterocycles. The summed E-state index contributed by atoms with van der Waals surface area (Å²) < 4.78 is 10.7. The smallest absolute Gasteiger partial charge is 0.259 e. The topological polar surface area (TPSA) is 84.6 Å². The van der Waals surface area contributed by atoms with Crippen LogP contribution in [0.4, 0.5) is 0 Å². The fourth-order valence-corrected chi connectivity index (χ4v) is 4.17. The van der Waals surface area contributed by atoms with Gasteiger partial charge in [-0.1, -0.05) is 11.2 Å². The van der Waals surface area contributed by atoms with E-state index >= 15 is 0 Å². The third kappa shape index (κ3) is 4.29. The van der Waals surface area contributed by atoms with E-state index in [1.165, 1.54) is 0 Å².